The van der Waals surface area contributed by atoms with E-state index in [1.165, 1.54) is 0 Å². The third-order valence-electron chi connectivity index (χ3n) is 5.67. The van der Waals surface area contributed by atoms with Gasteiger partial charge in [0.2, 0.25) is 0 Å². The number of hydrogen-bond donors (Lipinski definition) is 1. The van der Waals surface area contributed by atoms with Crippen molar-refractivity contribution in [2.75, 3.05) is 26.2 Å². The van der Waals surface area contributed by atoms with E-state index in [1.807, 2.05) is 39.0 Å². The van der Waals surface area contributed by atoms with E-state index in [0.717, 1.165) is 0 Å². The number of nitrogens with zero attached hydrogens (tertiary/aromatic N) is 3. The molecule has 14 heteroatoms. The largest absolute Gasteiger partial charge is 0.490 e. The normalized spacial score (nSPS) is 15.4. The van der Waals surface area contributed by atoms with Crippen LogP contribution in [0.25, 0.3) is 11.3 Å². The lowest BCUT2D eigenvalue weighted by molar-refractivity contribution is -0.192. The number of alkyl halides is 3. The van der Waals surface area contributed by atoms with Gasteiger partial charge in [0.1, 0.15) is 23.7 Å². The van der Waals surface area contributed by atoms with E-state index >= 15 is 0 Å². The van der Waals surface area contributed by atoms with Crippen LogP contribution in [0.2, 0.25) is 5.02 Å². The average molecular weight is 612 g/mol. The van der Waals surface area contributed by atoms with Crippen LogP contribution in [0.5, 0.6) is 5.75 Å². The fourth-order valence-corrected chi connectivity index (χ4v) is 4.01. The van der Waals surface area contributed by atoms with Crippen LogP contribution in [-0.2, 0) is 9.53 Å². The second kappa shape index (κ2) is 13.6. The number of carboxylic acid groups (broad SMARTS) is 1. The van der Waals surface area contributed by atoms with Crippen molar-refractivity contribution < 1.29 is 46.6 Å². The third kappa shape index (κ3) is 9.13. The fourth-order valence-electron chi connectivity index (χ4n) is 3.78. The molecule has 3 aromatic rings. The summed E-state index contributed by atoms with van der Waals surface area (Å²) in [7, 11) is 0. The number of benzene rings is 1. The van der Waals surface area contributed by atoms with Gasteiger partial charge in [-0.1, -0.05) is 23.7 Å². The smallest absolute Gasteiger partial charge is 0.490 e. The maximum absolute atomic E-state index is 13.5. The minimum atomic E-state index is -5.08. The summed E-state index contributed by atoms with van der Waals surface area (Å²) in [6, 6.07) is 13.8. The van der Waals surface area contributed by atoms with Crippen molar-refractivity contribution in [3.8, 4) is 17.1 Å². The van der Waals surface area contributed by atoms with Crippen LogP contribution >= 0.6 is 11.6 Å². The molecule has 0 spiro atoms. The molecule has 2 aromatic heterocycles. The van der Waals surface area contributed by atoms with E-state index in [2.05, 4.69) is 4.98 Å². The number of carbonyl (C=O) groups excluding carboxylic acids is 2. The lowest BCUT2D eigenvalue weighted by atomic mass is 10.1. The number of halogens is 4. The highest BCUT2D eigenvalue weighted by atomic mass is 35.5. The molecule has 1 unspecified atom stereocenters. The van der Waals surface area contributed by atoms with Crippen molar-refractivity contribution in [2.24, 2.45) is 0 Å². The van der Waals surface area contributed by atoms with E-state index in [9.17, 15) is 22.8 Å². The Labute approximate surface area is 244 Å². The Morgan fingerprint density at radius 1 is 1.07 bits per heavy atom. The molecule has 2 amide bonds. The molecule has 0 aliphatic carbocycles. The number of hydrogen-bond acceptors (Lipinski definition) is 7. The summed E-state index contributed by atoms with van der Waals surface area (Å²) in [4.78, 5) is 42.4. The molecule has 1 fully saturated rings. The summed E-state index contributed by atoms with van der Waals surface area (Å²) in [5.74, 6) is -1.76. The van der Waals surface area contributed by atoms with Crippen LogP contribution in [0.1, 0.15) is 31.3 Å². The van der Waals surface area contributed by atoms with Gasteiger partial charge in [-0.2, -0.15) is 13.2 Å². The minimum Gasteiger partial charge on any atom is -0.490 e. The molecule has 1 saturated heterocycles. The molecule has 42 heavy (non-hydrogen) atoms. The molecule has 1 aromatic carbocycles. The van der Waals surface area contributed by atoms with E-state index in [0.29, 0.717) is 35.2 Å². The van der Waals surface area contributed by atoms with Crippen LogP contribution in [0.3, 0.4) is 0 Å². The van der Waals surface area contributed by atoms with Gasteiger partial charge in [-0.3, -0.25) is 9.78 Å². The molecule has 3 heterocycles. The van der Waals surface area contributed by atoms with Crippen molar-refractivity contribution in [3.05, 3.63) is 71.7 Å². The summed E-state index contributed by atoms with van der Waals surface area (Å²) >= 11 is 6.28. The standard InChI is InChI=1S/C26H28ClN3O5.C2HF3O2/c1-26(2,3)35-25(32)29-13-14-30(18(16-29)17-33-19-7-6-12-28-15-19)24(31)23-11-10-22(34-23)20-8-4-5-9-21(20)27;3-2(4,5)1(6)7/h4-12,15,18H,13-14,16-17H2,1-3H3;(H,6,7). The van der Waals surface area contributed by atoms with Gasteiger partial charge in [0.15, 0.2) is 5.76 Å². The van der Waals surface area contributed by atoms with E-state index in [-0.39, 0.29) is 24.8 Å². The minimum absolute atomic E-state index is 0.175. The van der Waals surface area contributed by atoms with Gasteiger partial charge in [-0.05, 0) is 57.2 Å². The Kier molecular flexibility index (Phi) is 10.4. The van der Waals surface area contributed by atoms with E-state index in [4.69, 9.17) is 35.4 Å². The summed E-state index contributed by atoms with van der Waals surface area (Å²) in [6.45, 7) is 6.54. The molecule has 1 atom stereocenters. The number of furan rings is 1. The van der Waals surface area contributed by atoms with Crippen molar-refractivity contribution in [3.63, 3.8) is 0 Å². The molecule has 0 bridgehead atoms. The third-order valence-corrected chi connectivity index (χ3v) is 6.00. The number of amides is 2. The molecular weight excluding hydrogens is 583 g/mol. The Hall–Kier alpha value is -4.26. The van der Waals surface area contributed by atoms with Crippen LogP contribution in [0.15, 0.2) is 65.3 Å². The number of aromatic nitrogens is 1. The Morgan fingerprint density at radius 2 is 1.76 bits per heavy atom. The van der Waals surface area contributed by atoms with Gasteiger partial charge in [-0.15, -0.1) is 0 Å². The zero-order valence-electron chi connectivity index (χ0n) is 22.9. The molecular formula is C28H29ClF3N3O7. The molecule has 1 aliphatic rings. The maximum atomic E-state index is 13.5. The molecule has 0 saturated carbocycles. The van der Waals surface area contributed by atoms with Crippen LogP contribution in [0.4, 0.5) is 18.0 Å². The van der Waals surface area contributed by atoms with E-state index in [1.54, 1.807) is 52.5 Å². The maximum Gasteiger partial charge on any atom is 0.490 e. The molecule has 1 aliphatic heterocycles. The van der Waals surface area contributed by atoms with Crippen molar-refractivity contribution in [1.82, 2.24) is 14.8 Å². The van der Waals surface area contributed by atoms with Gasteiger partial charge in [0.25, 0.3) is 5.91 Å². The highest BCUT2D eigenvalue weighted by Crippen LogP contribution is 2.30. The lowest BCUT2D eigenvalue weighted by Crippen LogP contribution is -2.59. The highest BCUT2D eigenvalue weighted by Gasteiger charge is 2.38. The van der Waals surface area contributed by atoms with Crippen molar-refractivity contribution in [1.29, 1.82) is 0 Å². The summed E-state index contributed by atoms with van der Waals surface area (Å²) in [5.41, 5.74) is 0.0918. The first-order valence-corrected chi connectivity index (χ1v) is 13.0. The predicted molar refractivity (Wildman–Crippen MR) is 145 cm³/mol. The Balaban J connectivity index is 0.000000616. The number of ether oxygens (including phenoxy) is 2. The van der Waals surface area contributed by atoms with Crippen molar-refractivity contribution in [2.45, 2.75) is 38.6 Å². The summed E-state index contributed by atoms with van der Waals surface area (Å²) in [6.07, 6.45) is -2.25. The van der Waals surface area contributed by atoms with Crippen LogP contribution in [-0.4, -0.2) is 81.9 Å². The topological polar surface area (TPSA) is 122 Å². The van der Waals surface area contributed by atoms with Gasteiger partial charge in [0, 0.05) is 31.4 Å². The molecule has 1 N–H and O–H groups in total. The fraction of sp³-hybridized carbons (Fsp3) is 0.357. The Bertz CT molecular complexity index is 1380. The van der Waals surface area contributed by atoms with Crippen LogP contribution in [0, 0.1) is 0 Å². The number of carboxylic acids is 1. The van der Waals surface area contributed by atoms with Gasteiger partial charge in [-0.25, -0.2) is 9.59 Å². The first-order valence-electron chi connectivity index (χ1n) is 12.6. The second-order valence-corrected chi connectivity index (χ2v) is 10.4. The highest BCUT2D eigenvalue weighted by molar-refractivity contribution is 6.33. The molecule has 4 rings (SSSR count). The second-order valence-electron chi connectivity index (χ2n) is 10.0. The number of carbonyl (C=O) groups is 3. The van der Waals surface area contributed by atoms with Gasteiger partial charge in [0.05, 0.1) is 17.3 Å². The lowest BCUT2D eigenvalue weighted by Gasteiger charge is -2.41. The SMILES string of the molecule is CC(C)(C)OC(=O)N1CCN(C(=O)c2ccc(-c3ccccc3Cl)o2)C(COc2cccnc2)C1.O=C(O)C(F)(F)F. The molecule has 0 radical (unpaired) electrons. The zero-order chi connectivity index (χ0) is 31.1. The number of aliphatic carboxylic acids is 1. The predicted octanol–water partition coefficient (Wildman–Crippen LogP) is 5.77. The first kappa shape index (κ1) is 32.3. The van der Waals surface area contributed by atoms with Crippen molar-refractivity contribution >= 4 is 29.6 Å². The zero-order valence-corrected chi connectivity index (χ0v) is 23.7. The summed E-state index contributed by atoms with van der Waals surface area (Å²) < 4.78 is 49.1. The molecule has 10 nitrogen and oxygen atoms in total. The van der Waals surface area contributed by atoms with Gasteiger partial charge >= 0.3 is 18.2 Å². The van der Waals surface area contributed by atoms with Gasteiger partial charge < -0.3 is 28.8 Å². The number of pyridine rings is 1. The van der Waals surface area contributed by atoms with Crippen LogP contribution < -0.4 is 4.74 Å². The average Bonchev–Trinajstić information content (AvgIpc) is 3.41. The number of rotatable bonds is 5. The monoisotopic (exact) mass is 611 g/mol. The van der Waals surface area contributed by atoms with E-state index < -0.39 is 29.9 Å². The quantitative estimate of drug-likeness (QED) is 0.386. The summed E-state index contributed by atoms with van der Waals surface area (Å²) in [5, 5.41) is 7.66. The Morgan fingerprint density at radius 3 is 2.36 bits per heavy atom. The molecule has 226 valence electrons. The number of piperazine rings is 1. The first-order chi connectivity index (χ1) is 19.7.